The Morgan fingerprint density at radius 3 is 2.68 bits per heavy atom. The van der Waals surface area contributed by atoms with Crippen LogP contribution in [0.15, 0.2) is 35.5 Å². The number of carbonyl (C=O) groups excluding carboxylic acids is 2. The average Bonchev–Trinajstić information content (AvgIpc) is 2.61. The van der Waals surface area contributed by atoms with Crippen LogP contribution < -0.4 is 0 Å². The van der Waals surface area contributed by atoms with Crippen molar-refractivity contribution in [3.63, 3.8) is 0 Å². The van der Waals surface area contributed by atoms with Crippen molar-refractivity contribution in [1.29, 1.82) is 0 Å². The molecule has 2 bridgehead atoms. The van der Waals surface area contributed by atoms with Crippen LogP contribution in [0, 0.1) is 23.7 Å². The molecule has 0 aliphatic heterocycles. The van der Waals surface area contributed by atoms with Crippen molar-refractivity contribution in [2.45, 2.75) is 65.9 Å². The van der Waals surface area contributed by atoms with Crippen molar-refractivity contribution < 1.29 is 14.3 Å². The van der Waals surface area contributed by atoms with Gasteiger partial charge in [0.2, 0.25) is 0 Å². The molecule has 5 atom stereocenters. The molecule has 0 heterocycles. The number of carbonyl (C=O) groups is 2. The lowest BCUT2D eigenvalue weighted by atomic mass is 9.75. The highest BCUT2D eigenvalue weighted by Crippen LogP contribution is 2.46. The molecule has 25 heavy (non-hydrogen) atoms. The summed E-state index contributed by atoms with van der Waals surface area (Å²) >= 11 is 0. The number of esters is 1. The fourth-order valence-corrected chi connectivity index (χ4v) is 4.38. The molecule has 0 aromatic heterocycles. The Bertz CT molecular complexity index is 580. The van der Waals surface area contributed by atoms with E-state index in [9.17, 15) is 9.59 Å². The van der Waals surface area contributed by atoms with Gasteiger partial charge < -0.3 is 4.74 Å². The van der Waals surface area contributed by atoms with E-state index in [1.54, 1.807) is 0 Å². The molecule has 2 rings (SSSR count). The first-order valence-electron chi connectivity index (χ1n) is 9.47. The molecule has 0 radical (unpaired) electrons. The zero-order valence-corrected chi connectivity index (χ0v) is 16.1. The molecule has 2 aliphatic rings. The van der Waals surface area contributed by atoms with Crippen LogP contribution in [0.25, 0.3) is 0 Å². The first-order chi connectivity index (χ1) is 11.8. The summed E-state index contributed by atoms with van der Waals surface area (Å²) in [5, 5.41) is 0. The van der Waals surface area contributed by atoms with Gasteiger partial charge in [-0.1, -0.05) is 36.8 Å². The zero-order valence-electron chi connectivity index (χ0n) is 16.1. The summed E-state index contributed by atoms with van der Waals surface area (Å²) in [6.07, 6.45) is 9.89. The lowest BCUT2D eigenvalue weighted by Crippen LogP contribution is -2.37. The number of hydrogen-bond acceptors (Lipinski definition) is 3. The van der Waals surface area contributed by atoms with Crippen molar-refractivity contribution in [3.05, 3.63) is 35.5 Å². The Hall–Kier alpha value is -1.64. The van der Waals surface area contributed by atoms with Crippen molar-refractivity contribution in [1.82, 2.24) is 0 Å². The van der Waals surface area contributed by atoms with Crippen LogP contribution in [0.1, 0.15) is 59.8 Å². The lowest BCUT2D eigenvalue weighted by molar-refractivity contribution is -0.151. The second-order valence-corrected chi connectivity index (χ2v) is 8.04. The minimum Gasteiger partial charge on any atom is -0.461 e. The molecule has 0 aromatic rings. The Labute approximate surface area is 152 Å². The van der Waals surface area contributed by atoms with Gasteiger partial charge in [0.1, 0.15) is 12.4 Å². The van der Waals surface area contributed by atoms with E-state index in [1.807, 2.05) is 6.08 Å². The van der Waals surface area contributed by atoms with Gasteiger partial charge in [0.15, 0.2) is 0 Å². The second kappa shape index (κ2) is 8.64. The predicted octanol–water partition coefficient (Wildman–Crippen LogP) is 5.03. The third kappa shape index (κ3) is 4.93. The average molecular weight is 344 g/mol. The maximum absolute atomic E-state index is 11.6. The molecule has 3 nitrogen and oxygen atoms in total. The molecular weight excluding hydrogens is 312 g/mol. The van der Waals surface area contributed by atoms with Crippen molar-refractivity contribution >= 4 is 12.3 Å². The summed E-state index contributed by atoms with van der Waals surface area (Å²) in [5.41, 5.74) is 3.34. The first-order valence-corrected chi connectivity index (χ1v) is 9.47. The first kappa shape index (κ1) is 19.7. The summed E-state index contributed by atoms with van der Waals surface area (Å²) in [5.74, 6) is 0.919. The summed E-state index contributed by atoms with van der Waals surface area (Å²) in [4.78, 5) is 23.2. The van der Waals surface area contributed by atoms with Crippen LogP contribution in [0.2, 0.25) is 0 Å². The van der Waals surface area contributed by atoms with Gasteiger partial charge >= 0.3 is 5.97 Å². The second-order valence-electron chi connectivity index (χ2n) is 8.04. The fraction of sp³-hybridized carbons (Fsp3) is 0.636. The van der Waals surface area contributed by atoms with Gasteiger partial charge in [0.25, 0.3) is 0 Å². The molecule has 0 saturated heterocycles. The van der Waals surface area contributed by atoms with E-state index in [1.165, 1.54) is 18.1 Å². The SMILES string of the molecule is C=C1C[C@@H]([C@H](C)CCC=C(C)C)C[C@@H]2C(C=O)=CC[C@H]1[C@H]2OC(C)=O. The van der Waals surface area contributed by atoms with Crippen molar-refractivity contribution in [2.24, 2.45) is 23.7 Å². The molecule has 0 unspecified atom stereocenters. The predicted molar refractivity (Wildman–Crippen MR) is 101 cm³/mol. The Balaban J connectivity index is 2.20. The standard InChI is InChI=1S/C22H32O3/c1-14(2)7-6-8-15(3)19-11-16(4)20-10-9-18(13-23)21(12-19)22(20)25-17(5)24/h7,9,13,15,19-22H,4,6,8,10-12H2,1-3,5H3/t15-,19-,20-,21-,22-/m1/s1. The van der Waals surface area contributed by atoms with Gasteiger partial charge in [-0.25, -0.2) is 0 Å². The van der Waals surface area contributed by atoms with Crippen LogP contribution in [0.5, 0.6) is 0 Å². The summed E-state index contributed by atoms with van der Waals surface area (Å²) in [7, 11) is 0. The Kier molecular flexibility index (Phi) is 6.80. The van der Waals surface area contributed by atoms with E-state index in [0.29, 0.717) is 11.8 Å². The maximum atomic E-state index is 11.6. The maximum Gasteiger partial charge on any atom is 0.302 e. The quantitative estimate of drug-likeness (QED) is 0.386. The van der Waals surface area contributed by atoms with E-state index in [2.05, 4.69) is 33.4 Å². The lowest BCUT2D eigenvalue weighted by Gasteiger charge is -2.35. The number of fused-ring (bicyclic) bond motifs is 2. The van der Waals surface area contributed by atoms with Crippen LogP contribution >= 0.6 is 0 Å². The number of rotatable bonds is 6. The van der Waals surface area contributed by atoms with Crippen LogP contribution in [0.3, 0.4) is 0 Å². The molecule has 3 heteroatoms. The summed E-state index contributed by atoms with van der Waals surface area (Å²) in [6.45, 7) is 12.3. The van der Waals surface area contributed by atoms with E-state index in [0.717, 1.165) is 44.0 Å². The molecule has 1 saturated carbocycles. The van der Waals surface area contributed by atoms with Crippen LogP contribution in [-0.4, -0.2) is 18.4 Å². The van der Waals surface area contributed by atoms with E-state index in [4.69, 9.17) is 4.74 Å². The Morgan fingerprint density at radius 1 is 1.36 bits per heavy atom. The van der Waals surface area contributed by atoms with Crippen LogP contribution in [-0.2, 0) is 14.3 Å². The number of ether oxygens (including phenoxy) is 1. The van der Waals surface area contributed by atoms with Crippen molar-refractivity contribution in [3.8, 4) is 0 Å². The van der Waals surface area contributed by atoms with E-state index in [-0.39, 0.29) is 23.9 Å². The fourth-order valence-electron chi connectivity index (χ4n) is 4.38. The smallest absolute Gasteiger partial charge is 0.302 e. The summed E-state index contributed by atoms with van der Waals surface area (Å²) < 4.78 is 5.67. The van der Waals surface area contributed by atoms with Gasteiger partial charge in [-0.15, -0.1) is 0 Å². The number of allylic oxidation sites excluding steroid dienone is 3. The van der Waals surface area contributed by atoms with Gasteiger partial charge in [-0.2, -0.15) is 0 Å². The highest BCUT2D eigenvalue weighted by Gasteiger charge is 2.43. The molecule has 1 fully saturated rings. The van der Waals surface area contributed by atoms with Gasteiger partial charge in [0, 0.05) is 18.8 Å². The molecular formula is C22H32O3. The van der Waals surface area contributed by atoms with E-state index < -0.39 is 0 Å². The highest BCUT2D eigenvalue weighted by atomic mass is 16.5. The highest BCUT2D eigenvalue weighted by molar-refractivity contribution is 5.75. The molecule has 0 N–H and O–H groups in total. The van der Waals surface area contributed by atoms with Gasteiger partial charge in [0.05, 0.1) is 0 Å². The molecule has 0 aromatic carbocycles. The van der Waals surface area contributed by atoms with Crippen LogP contribution in [0.4, 0.5) is 0 Å². The topological polar surface area (TPSA) is 43.4 Å². The molecule has 0 spiro atoms. The molecule has 2 aliphatic carbocycles. The minimum absolute atomic E-state index is 0.00954. The third-order valence-electron chi connectivity index (χ3n) is 5.85. The molecule has 138 valence electrons. The third-order valence-corrected chi connectivity index (χ3v) is 5.85. The largest absolute Gasteiger partial charge is 0.461 e. The number of hydrogen-bond donors (Lipinski definition) is 0. The van der Waals surface area contributed by atoms with Gasteiger partial charge in [-0.3, -0.25) is 9.59 Å². The zero-order chi connectivity index (χ0) is 18.6. The molecule has 0 amide bonds. The minimum atomic E-state index is -0.269. The number of aldehydes is 1. The van der Waals surface area contributed by atoms with Gasteiger partial charge in [-0.05, 0) is 63.4 Å². The van der Waals surface area contributed by atoms with Crippen molar-refractivity contribution in [2.75, 3.05) is 0 Å². The monoisotopic (exact) mass is 344 g/mol. The summed E-state index contributed by atoms with van der Waals surface area (Å²) in [6, 6.07) is 0. The normalized spacial score (nSPS) is 29.9. The van der Waals surface area contributed by atoms with E-state index >= 15 is 0 Å². The Morgan fingerprint density at radius 2 is 2.08 bits per heavy atom.